The molecule has 0 heterocycles. The quantitative estimate of drug-likeness (QED) is 0.467. The van der Waals surface area contributed by atoms with Gasteiger partial charge in [-0.15, -0.1) is 11.5 Å². The van der Waals surface area contributed by atoms with Crippen molar-refractivity contribution in [1.29, 1.82) is 0 Å². The fourth-order valence-electron chi connectivity index (χ4n) is 4.01. The van der Waals surface area contributed by atoms with Gasteiger partial charge in [0, 0.05) is 24.5 Å². The number of hydrogen-bond acceptors (Lipinski definition) is 4. The fraction of sp³-hybridized carbons (Fsp3) is 0.462. The minimum Gasteiger partial charge on any atom is -0.872 e. The van der Waals surface area contributed by atoms with Crippen molar-refractivity contribution >= 4 is 12.4 Å². The van der Waals surface area contributed by atoms with E-state index in [1.165, 1.54) is 64.2 Å². The second-order valence-corrected chi connectivity index (χ2v) is 8.22. The molecule has 169 valence electrons. The summed E-state index contributed by atoms with van der Waals surface area (Å²) < 4.78 is 0. The van der Waals surface area contributed by atoms with Crippen LogP contribution in [-0.2, 0) is 17.1 Å². The van der Waals surface area contributed by atoms with Crippen LogP contribution in [-0.4, -0.2) is 24.5 Å². The van der Waals surface area contributed by atoms with Gasteiger partial charge in [0.2, 0.25) is 0 Å². The van der Waals surface area contributed by atoms with Crippen molar-refractivity contribution in [2.24, 2.45) is 9.98 Å². The zero-order valence-electron chi connectivity index (χ0n) is 18.0. The smallest absolute Gasteiger partial charge is 0.872 e. The van der Waals surface area contributed by atoms with E-state index in [1.54, 1.807) is 36.7 Å². The van der Waals surface area contributed by atoms with Gasteiger partial charge in [-0.05, 0) is 36.8 Å². The second kappa shape index (κ2) is 14.1. The molecule has 2 fully saturated rings. The molecule has 0 aromatic heterocycles. The van der Waals surface area contributed by atoms with Crippen LogP contribution in [0, 0.1) is 0 Å². The molecule has 2 aliphatic rings. The zero-order chi connectivity index (χ0) is 21.0. The van der Waals surface area contributed by atoms with Crippen LogP contribution < -0.4 is 10.2 Å². The molecule has 0 bridgehead atoms. The fourth-order valence-corrected chi connectivity index (χ4v) is 4.01. The third kappa shape index (κ3) is 8.88. The van der Waals surface area contributed by atoms with Gasteiger partial charge in [0.25, 0.3) is 0 Å². The molecule has 2 aliphatic carbocycles. The van der Waals surface area contributed by atoms with Crippen LogP contribution in [0.1, 0.15) is 75.3 Å². The van der Waals surface area contributed by atoms with E-state index in [0.29, 0.717) is 23.2 Å². The number of benzene rings is 2. The Kier molecular flexibility index (Phi) is 11.4. The Morgan fingerprint density at radius 3 is 1.29 bits per heavy atom. The molecule has 0 spiro atoms. The summed E-state index contributed by atoms with van der Waals surface area (Å²) >= 11 is 0. The van der Waals surface area contributed by atoms with E-state index in [4.69, 9.17) is 0 Å². The minimum atomic E-state index is 0. The summed E-state index contributed by atoms with van der Waals surface area (Å²) in [4.78, 5) is 8.98. The van der Waals surface area contributed by atoms with Gasteiger partial charge in [-0.3, -0.25) is 9.98 Å². The first kappa shape index (κ1) is 25.2. The van der Waals surface area contributed by atoms with Crippen LogP contribution in [0.2, 0.25) is 0 Å². The Hall–Kier alpha value is -2.10. The summed E-state index contributed by atoms with van der Waals surface area (Å²) in [6.07, 6.45) is 16.0. The van der Waals surface area contributed by atoms with Crippen LogP contribution in [0.25, 0.3) is 0 Å². The van der Waals surface area contributed by atoms with Crippen molar-refractivity contribution in [3.05, 3.63) is 59.7 Å². The molecule has 2 aromatic rings. The number of rotatable bonds is 4. The van der Waals surface area contributed by atoms with Gasteiger partial charge in [-0.2, -0.15) is 0 Å². The molecule has 4 nitrogen and oxygen atoms in total. The maximum Gasteiger partial charge on any atom is 2.00 e. The first-order valence-corrected chi connectivity index (χ1v) is 11.3. The van der Waals surface area contributed by atoms with Crippen molar-refractivity contribution in [2.75, 3.05) is 0 Å². The minimum absolute atomic E-state index is 0. The molecule has 0 saturated heterocycles. The van der Waals surface area contributed by atoms with E-state index in [9.17, 15) is 10.2 Å². The maximum atomic E-state index is 11.4. The second-order valence-electron chi connectivity index (χ2n) is 8.22. The van der Waals surface area contributed by atoms with Crippen molar-refractivity contribution in [1.82, 2.24) is 0 Å². The van der Waals surface area contributed by atoms with E-state index in [0.717, 1.165) is 0 Å². The zero-order valence-corrected chi connectivity index (χ0v) is 19.0. The molecule has 0 unspecified atom stereocenters. The van der Waals surface area contributed by atoms with Gasteiger partial charge in [0.15, 0.2) is 0 Å². The first-order valence-electron chi connectivity index (χ1n) is 11.3. The Bertz CT molecular complexity index is 756. The molecular weight excluding hydrogens is 436 g/mol. The molecule has 0 amide bonds. The van der Waals surface area contributed by atoms with E-state index < -0.39 is 0 Å². The van der Waals surface area contributed by atoms with E-state index in [1.807, 2.05) is 24.3 Å². The number of hydrogen-bond donors (Lipinski definition) is 0. The number of aliphatic imine (C=N–C) groups is 2. The van der Waals surface area contributed by atoms with Gasteiger partial charge in [0.1, 0.15) is 0 Å². The third-order valence-corrected chi connectivity index (χ3v) is 5.84. The molecule has 1 radical (unpaired) electrons. The van der Waals surface area contributed by atoms with Crippen LogP contribution >= 0.6 is 0 Å². The summed E-state index contributed by atoms with van der Waals surface area (Å²) in [7, 11) is 0. The Morgan fingerprint density at radius 1 is 0.581 bits per heavy atom. The van der Waals surface area contributed by atoms with Gasteiger partial charge < -0.3 is 10.2 Å². The third-order valence-electron chi connectivity index (χ3n) is 5.84. The summed E-state index contributed by atoms with van der Waals surface area (Å²) in [5.41, 5.74) is 1.42. The molecular formula is C26H32CuN2O2. The van der Waals surface area contributed by atoms with E-state index in [-0.39, 0.29) is 28.6 Å². The predicted octanol–water partition coefficient (Wildman–Crippen LogP) is 5.02. The number of para-hydroxylation sites is 2. The maximum absolute atomic E-state index is 11.4. The normalized spacial score (nSPS) is 17.8. The van der Waals surface area contributed by atoms with Crippen molar-refractivity contribution in [2.45, 2.75) is 76.3 Å². The van der Waals surface area contributed by atoms with Crippen molar-refractivity contribution < 1.29 is 27.3 Å². The number of nitrogens with zero attached hydrogens (tertiary/aromatic N) is 2. The van der Waals surface area contributed by atoms with Crippen LogP contribution in [0.5, 0.6) is 11.5 Å². The van der Waals surface area contributed by atoms with E-state index >= 15 is 0 Å². The van der Waals surface area contributed by atoms with Crippen molar-refractivity contribution in [3.8, 4) is 11.5 Å². The Labute approximate surface area is 197 Å². The van der Waals surface area contributed by atoms with Gasteiger partial charge in [-0.25, -0.2) is 0 Å². The predicted molar refractivity (Wildman–Crippen MR) is 121 cm³/mol. The molecule has 2 saturated carbocycles. The SMILES string of the molecule is [Cu+2].[O-]c1ccccc1C=NC1CCCCC1.[O-]c1ccccc1C=NC1CCCCC1. The largest absolute Gasteiger partial charge is 2.00 e. The van der Waals surface area contributed by atoms with Gasteiger partial charge in [0.05, 0.1) is 0 Å². The molecule has 5 heteroatoms. The van der Waals surface area contributed by atoms with Crippen LogP contribution in [0.15, 0.2) is 58.5 Å². The van der Waals surface area contributed by atoms with Crippen LogP contribution in [0.4, 0.5) is 0 Å². The molecule has 0 N–H and O–H groups in total. The summed E-state index contributed by atoms with van der Waals surface area (Å²) in [5, 5.41) is 22.8. The monoisotopic (exact) mass is 467 g/mol. The average molecular weight is 468 g/mol. The summed E-state index contributed by atoms with van der Waals surface area (Å²) in [6, 6.07) is 15.0. The van der Waals surface area contributed by atoms with Gasteiger partial charge in [-0.1, -0.05) is 87.1 Å². The molecule has 2 aromatic carbocycles. The topological polar surface area (TPSA) is 70.8 Å². The standard InChI is InChI=1S/2C13H17NO.Cu/c2*15-13-9-5-4-6-11(13)10-14-12-7-2-1-3-8-12;/h2*4-6,9-10,12,15H,1-3,7-8H2;/q;;+2/p-2. The Morgan fingerprint density at radius 2 is 0.935 bits per heavy atom. The van der Waals surface area contributed by atoms with Crippen molar-refractivity contribution in [3.63, 3.8) is 0 Å². The van der Waals surface area contributed by atoms with E-state index in [2.05, 4.69) is 9.98 Å². The first-order chi connectivity index (χ1) is 14.7. The Balaban J connectivity index is 0.000000213. The summed E-state index contributed by atoms with van der Waals surface area (Å²) in [6.45, 7) is 0. The summed E-state index contributed by atoms with van der Waals surface area (Å²) in [5.74, 6) is 0.133. The molecule has 31 heavy (non-hydrogen) atoms. The van der Waals surface area contributed by atoms with Crippen LogP contribution in [0.3, 0.4) is 0 Å². The molecule has 4 rings (SSSR count). The van der Waals surface area contributed by atoms with Gasteiger partial charge >= 0.3 is 17.1 Å². The molecule has 0 aliphatic heterocycles. The molecule has 0 atom stereocenters. The average Bonchev–Trinajstić information content (AvgIpc) is 2.80.